The highest BCUT2D eigenvalue weighted by molar-refractivity contribution is 5.96. The average molecular weight is 313 g/mol. The Labute approximate surface area is 140 Å². The highest BCUT2D eigenvalue weighted by atomic mass is 16.5. The topological polar surface area (TPSA) is 18.5 Å². The molecule has 0 unspecified atom stereocenters. The first-order valence-electron chi connectivity index (χ1n) is 8.91. The van der Waals surface area contributed by atoms with E-state index in [-0.39, 0.29) is 0 Å². The first kappa shape index (κ1) is 17.7. The van der Waals surface area contributed by atoms with Crippen LogP contribution in [-0.2, 0) is 0 Å². The summed E-state index contributed by atoms with van der Waals surface area (Å²) < 4.78 is 12.0. The summed E-state index contributed by atoms with van der Waals surface area (Å²) in [5, 5.41) is 2.18. The van der Waals surface area contributed by atoms with Crippen molar-refractivity contribution >= 4 is 10.8 Å². The lowest BCUT2D eigenvalue weighted by molar-refractivity contribution is 0.306. The van der Waals surface area contributed by atoms with Crippen LogP contribution in [0, 0.1) is 6.92 Å². The van der Waals surface area contributed by atoms with Gasteiger partial charge in [-0.3, -0.25) is 0 Å². The number of unbranched alkanes of at least 4 members (excludes halogenated alkanes) is 4. The van der Waals surface area contributed by atoms with E-state index in [4.69, 9.17) is 9.47 Å². The summed E-state index contributed by atoms with van der Waals surface area (Å²) in [5.74, 6) is 1.85. The van der Waals surface area contributed by atoms with E-state index in [1.54, 1.807) is 0 Å². The van der Waals surface area contributed by atoms with Crippen molar-refractivity contribution in [3.05, 3.63) is 42.8 Å². The third kappa shape index (κ3) is 4.89. The van der Waals surface area contributed by atoms with E-state index in [0.717, 1.165) is 53.9 Å². The Morgan fingerprint density at radius 2 is 1.43 bits per heavy atom. The van der Waals surface area contributed by atoms with Crippen LogP contribution in [0.15, 0.2) is 30.3 Å². The van der Waals surface area contributed by atoms with Crippen LogP contribution in [0.1, 0.15) is 57.9 Å². The Balaban J connectivity index is 2.18. The fourth-order valence-electron chi connectivity index (χ4n) is 2.73. The van der Waals surface area contributed by atoms with Gasteiger partial charge >= 0.3 is 0 Å². The van der Waals surface area contributed by atoms with Crippen LogP contribution in [0.4, 0.5) is 0 Å². The molecule has 0 atom stereocenters. The molecular formula is C21H29O2. The van der Waals surface area contributed by atoms with Gasteiger partial charge in [0.15, 0.2) is 0 Å². The fraction of sp³-hybridized carbons (Fsp3) is 0.476. The van der Waals surface area contributed by atoms with Gasteiger partial charge in [0.05, 0.1) is 13.2 Å². The quantitative estimate of drug-likeness (QED) is 0.489. The molecule has 0 saturated carbocycles. The van der Waals surface area contributed by atoms with Crippen molar-refractivity contribution in [2.45, 2.75) is 52.4 Å². The van der Waals surface area contributed by atoms with Gasteiger partial charge in [0.2, 0.25) is 0 Å². The second-order valence-electron chi connectivity index (χ2n) is 6.01. The number of hydrogen-bond acceptors (Lipinski definition) is 2. The molecule has 0 aliphatic carbocycles. The summed E-state index contributed by atoms with van der Waals surface area (Å²) in [5.41, 5.74) is 0.993. The minimum Gasteiger partial charge on any atom is -0.493 e. The molecule has 2 heteroatoms. The molecule has 0 heterocycles. The van der Waals surface area contributed by atoms with Crippen LogP contribution in [0.3, 0.4) is 0 Å². The van der Waals surface area contributed by atoms with Crippen molar-refractivity contribution in [2.24, 2.45) is 0 Å². The molecule has 2 aromatic carbocycles. The Bertz CT molecular complexity index is 604. The fourth-order valence-corrected chi connectivity index (χ4v) is 2.73. The third-order valence-electron chi connectivity index (χ3n) is 4.06. The number of ether oxygens (including phenoxy) is 2. The van der Waals surface area contributed by atoms with Gasteiger partial charge < -0.3 is 9.47 Å². The highest BCUT2D eigenvalue weighted by Gasteiger charge is 2.10. The molecule has 0 amide bonds. The van der Waals surface area contributed by atoms with Crippen LogP contribution in [0.25, 0.3) is 10.8 Å². The van der Waals surface area contributed by atoms with Gasteiger partial charge in [0, 0.05) is 10.8 Å². The van der Waals surface area contributed by atoms with E-state index in [1.165, 1.54) is 25.7 Å². The lowest BCUT2D eigenvalue weighted by atomic mass is 10.0. The summed E-state index contributed by atoms with van der Waals surface area (Å²) >= 11 is 0. The molecule has 0 aliphatic rings. The molecule has 125 valence electrons. The Morgan fingerprint density at radius 3 is 2.09 bits per heavy atom. The maximum atomic E-state index is 6.00. The average Bonchev–Trinajstić information content (AvgIpc) is 2.57. The minimum absolute atomic E-state index is 0.758. The van der Waals surface area contributed by atoms with E-state index < -0.39 is 0 Å². The second kappa shape index (κ2) is 9.44. The van der Waals surface area contributed by atoms with Gasteiger partial charge in [-0.05, 0) is 37.5 Å². The first-order chi connectivity index (χ1) is 11.3. The van der Waals surface area contributed by atoms with Crippen LogP contribution >= 0.6 is 0 Å². The van der Waals surface area contributed by atoms with Gasteiger partial charge in [-0.25, -0.2) is 0 Å². The Hall–Kier alpha value is -1.70. The SMILES string of the molecule is [CH2]c1ccc(OCCCCC)c2cccc(OCCCCC)c12. The summed E-state index contributed by atoms with van der Waals surface area (Å²) in [7, 11) is 0. The molecule has 2 aromatic rings. The maximum Gasteiger partial charge on any atom is 0.127 e. The molecule has 0 fully saturated rings. The molecule has 0 aliphatic heterocycles. The van der Waals surface area contributed by atoms with Gasteiger partial charge in [0.1, 0.15) is 11.5 Å². The standard InChI is InChI=1S/C21H29O2/c1-4-6-8-15-22-19-14-13-17(3)21-18(19)11-10-12-20(21)23-16-9-7-5-2/h10-14H,3-9,15-16H2,1-2H3. The van der Waals surface area contributed by atoms with E-state index >= 15 is 0 Å². The Morgan fingerprint density at radius 1 is 0.783 bits per heavy atom. The highest BCUT2D eigenvalue weighted by Crippen LogP contribution is 2.35. The molecule has 0 saturated heterocycles. The van der Waals surface area contributed by atoms with Crippen molar-refractivity contribution < 1.29 is 9.47 Å². The van der Waals surface area contributed by atoms with Gasteiger partial charge in [-0.15, -0.1) is 0 Å². The second-order valence-corrected chi connectivity index (χ2v) is 6.01. The molecule has 2 rings (SSSR count). The normalized spacial score (nSPS) is 10.9. The van der Waals surface area contributed by atoms with Crippen LogP contribution in [0.2, 0.25) is 0 Å². The zero-order valence-electron chi connectivity index (χ0n) is 14.6. The lowest BCUT2D eigenvalue weighted by Gasteiger charge is -2.14. The number of benzene rings is 2. The zero-order chi connectivity index (χ0) is 16.5. The third-order valence-corrected chi connectivity index (χ3v) is 4.06. The molecule has 0 aromatic heterocycles. The molecule has 0 N–H and O–H groups in total. The lowest BCUT2D eigenvalue weighted by Crippen LogP contribution is -2.00. The Kier molecular flexibility index (Phi) is 7.25. The summed E-state index contributed by atoms with van der Waals surface area (Å²) in [6.07, 6.45) is 7.00. The van der Waals surface area contributed by atoms with E-state index in [0.29, 0.717) is 0 Å². The van der Waals surface area contributed by atoms with Crippen LogP contribution in [0.5, 0.6) is 11.5 Å². The molecule has 23 heavy (non-hydrogen) atoms. The molecule has 1 radical (unpaired) electrons. The van der Waals surface area contributed by atoms with E-state index in [2.05, 4.69) is 26.8 Å². The van der Waals surface area contributed by atoms with Crippen LogP contribution < -0.4 is 9.47 Å². The van der Waals surface area contributed by atoms with E-state index in [1.807, 2.05) is 24.3 Å². The number of hydrogen-bond donors (Lipinski definition) is 0. The maximum absolute atomic E-state index is 6.00. The molecule has 0 spiro atoms. The summed E-state index contributed by atoms with van der Waals surface area (Å²) in [6, 6.07) is 10.2. The van der Waals surface area contributed by atoms with Crippen molar-refractivity contribution in [3.8, 4) is 11.5 Å². The van der Waals surface area contributed by atoms with Crippen molar-refractivity contribution in [1.82, 2.24) is 0 Å². The molecule has 0 bridgehead atoms. The van der Waals surface area contributed by atoms with Crippen molar-refractivity contribution in [2.75, 3.05) is 13.2 Å². The van der Waals surface area contributed by atoms with Gasteiger partial charge in [-0.2, -0.15) is 0 Å². The van der Waals surface area contributed by atoms with Crippen LogP contribution in [-0.4, -0.2) is 13.2 Å². The first-order valence-corrected chi connectivity index (χ1v) is 8.91. The predicted molar refractivity (Wildman–Crippen MR) is 98.4 cm³/mol. The molecule has 2 nitrogen and oxygen atoms in total. The molecular weight excluding hydrogens is 284 g/mol. The van der Waals surface area contributed by atoms with E-state index in [9.17, 15) is 0 Å². The van der Waals surface area contributed by atoms with Crippen molar-refractivity contribution in [3.63, 3.8) is 0 Å². The van der Waals surface area contributed by atoms with Crippen molar-refractivity contribution in [1.29, 1.82) is 0 Å². The summed E-state index contributed by atoms with van der Waals surface area (Å²) in [4.78, 5) is 0. The number of fused-ring (bicyclic) bond motifs is 1. The smallest absolute Gasteiger partial charge is 0.127 e. The summed E-state index contributed by atoms with van der Waals surface area (Å²) in [6.45, 7) is 10.1. The number of rotatable bonds is 10. The minimum atomic E-state index is 0.758. The van der Waals surface area contributed by atoms with Gasteiger partial charge in [-0.1, -0.05) is 57.7 Å². The largest absolute Gasteiger partial charge is 0.493 e. The predicted octanol–water partition coefficient (Wildman–Crippen LogP) is 6.16. The van der Waals surface area contributed by atoms with Gasteiger partial charge in [0.25, 0.3) is 0 Å². The zero-order valence-corrected chi connectivity index (χ0v) is 14.6. The monoisotopic (exact) mass is 313 g/mol.